The predicted molar refractivity (Wildman–Crippen MR) is 59.1 cm³/mol. The maximum atomic E-state index is 9.27. The van der Waals surface area contributed by atoms with Crippen molar-refractivity contribution in [1.82, 2.24) is 5.32 Å². The number of hydrogen-bond donors (Lipinski definition) is 1. The average Bonchev–Trinajstić information content (AvgIpc) is 2.16. The largest absolute Gasteiger partial charge is 0.305 e. The van der Waals surface area contributed by atoms with Gasteiger partial charge in [0.25, 0.3) is 0 Å². The van der Waals surface area contributed by atoms with E-state index >= 15 is 0 Å². The molecule has 82 valence electrons. The number of nitrogens with zero attached hydrogens (tertiary/aromatic N) is 1. The normalized spacial score (nSPS) is 48.9. The molecule has 0 heterocycles. The Labute approximate surface area is 92.0 Å². The topological polar surface area (TPSA) is 35.8 Å². The van der Waals surface area contributed by atoms with E-state index in [-0.39, 0.29) is 6.04 Å². The quantitative estimate of drug-likeness (QED) is 0.749. The van der Waals surface area contributed by atoms with E-state index in [1.165, 1.54) is 38.5 Å². The van der Waals surface area contributed by atoms with Crippen LogP contribution in [0.3, 0.4) is 0 Å². The summed E-state index contributed by atoms with van der Waals surface area (Å²) in [5.41, 5.74) is 0.345. The summed E-state index contributed by atoms with van der Waals surface area (Å²) in [4.78, 5) is 0. The third kappa shape index (κ3) is 1.33. The Kier molecular flexibility index (Phi) is 2.07. The molecule has 2 nitrogen and oxygen atoms in total. The highest BCUT2D eigenvalue weighted by Crippen LogP contribution is 2.61. The minimum Gasteiger partial charge on any atom is -0.305 e. The molecule has 0 aromatic heterocycles. The lowest BCUT2D eigenvalue weighted by atomic mass is 9.48. The van der Waals surface area contributed by atoms with Gasteiger partial charge in [0.15, 0.2) is 0 Å². The lowest BCUT2D eigenvalue weighted by Gasteiger charge is -2.58. The highest BCUT2D eigenvalue weighted by atomic mass is 14.9. The van der Waals surface area contributed by atoms with Gasteiger partial charge in [-0.3, -0.25) is 0 Å². The first-order valence-corrected chi connectivity index (χ1v) is 6.32. The molecular formula is C13H20N2. The minimum absolute atomic E-state index is 0.103. The maximum absolute atomic E-state index is 9.27. The summed E-state index contributed by atoms with van der Waals surface area (Å²) in [6.45, 7) is 0. The first kappa shape index (κ1) is 9.66. The molecule has 2 heteroatoms. The first-order valence-electron chi connectivity index (χ1n) is 6.32. The fourth-order valence-electron chi connectivity index (χ4n) is 5.04. The van der Waals surface area contributed by atoms with E-state index in [1.54, 1.807) is 0 Å². The summed E-state index contributed by atoms with van der Waals surface area (Å²) in [6, 6.07) is 2.60. The second-order valence-corrected chi connectivity index (χ2v) is 6.13. The van der Waals surface area contributed by atoms with Crippen LogP contribution in [-0.2, 0) is 0 Å². The second kappa shape index (κ2) is 3.22. The molecule has 4 rings (SSSR count). The van der Waals surface area contributed by atoms with Gasteiger partial charge in [-0.15, -0.1) is 0 Å². The van der Waals surface area contributed by atoms with Crippen molar-refractivity contribution in [1.29, 1.82) is 5.26 Å². The molecule has 1 atom stereocenters. The van der Waals surface area contributed by atoms with Crippen LogP contribution in [0, 0.1) is 34.5 Å². The maximum Gasteiger partial charge on any atom is 0.101 e. The predicted octanol–water partition coefficient (Wildman–Crippen LogP) is 2.31. The summed E-state index contributed by atoms with van der Waals surface area (Å²) < 4.78 is 0. The van der Waals surface area contributed by atoms with E-state index in [0.29, 0.717) is 5.41 Å². The molecule has 4 aliphatic carbocycles. The number of nitriles is 1. The summed E-state index contributed by atoms with van der Waals surface area (Å²) in [6.07, 6.45) is 8.33. The van der Waals surface area contributed by atoms with Gasteiger partial charge < -0.3 is 5.32 Å². The molecule has 15 heavy (non-hydrogen) atoms. The van der Waals surface area contributed by atoms with Crippen molar-refractivity contribution in [2.75, 3.05) is 7.05 Å². The minimum atomic E-state index is 0.103. The standard InChI is InChI=1S/C13H20N2/c1-15-12(8-14)13-5-9-2-10(6-13)4-11(3-9)7-13/h9-12,15H,2-7H2,1H3. The smallest absolute Gasteiger partial charge is 0.101 e. The summed E-state index contributed by atoms with van der Waals surface area (Å²) in [7, 11) is 1.95. The van der Waals surface area contributed by atoms with Gasteiger partial charge in [-0.05, 0) is 68.7 Å². The van der Waals surface area contributed by atoms with E-state index in [9.17, 15) is 5.26 Å². The van der Waals surface area contributed by atoms with Crippen LogP contribution in [0.5, 0.6) is 0 Å². The van der Waals surface area contributed by atoms with Gasteiger partial charge in [-0.1, -0.05) is 0 Å². The highest BCUT2D eigenvalue weighted by Gasteiger charge is 2.54. The SMILES string of the molecule is CNC(C#N)C12CC3CC(CC(C3)C1)C2. The van der Waals surface area contributed by atoms with E-state index in [4.69, 9.17) is 0 Å². The lowest BCUT2D eigenvalue weighted by molar-refractivity contribution is -0.0626. The third-order valence-electron chi connectivity index (χ3n) is 5.12. The molecule has 0 spiro atoms. The average molecular weight is 204 g/mol. The second-order valence-electron chi connectivity index (χ2n) is 6.13. The lowest BCUT2D eigenvalue weighted by Crippen LogP contribution is -2.54. The van der Waals surface area contributed by atoms with Crippen molar-refractivity contribution in [3.05, 3.63) is 0 Å². The molecule has 4 fully saturated rings. The summed E-state index contributed by atoms with van der Waals surface area (Å²) >= 11 is 0. The van der Waals surface area contributed by atoms with Crippen LogP contribution in [0.4, 0.5) is 0 Å². The highest BCUT2D eigenvalue weighted by molar-refractivity contribution is 5.11. The Hall–Kier alpha value is -0.550. The monoisotopic (exact) mass is 204 g/mol. The molecule has 1 unspecified atom stereocenters. The van der Waals surface area contributed by atoms with E-state index in [1.807, 2.05) is 7.05 Å². The molecule has 0 radical (unpaired) electrons. The molecule has 0 aromatic rings. The fraction of sp³-hybridized carbons (Fsp3) is 0.923. The van der Waals surface area contributed by atoms with Gasteiger partial charge in [0.2, 0.25) is 0 Å². The third-order valence-corrected chi connectivity index (χ3v) is 5.12. The van der Waals surface area contributed by atoms with Crippen LogP contribution >= 0.6 is 0 Å². The Balaban J connectivity index is 1.90. The van der Waals surface area contributed by atoms with Crippen LogP contribution < -0.4 is 5.32 Å². The van der Waals surface area contributed by atoms with Crippen LogP contribution in [0.2, 0.25) is 0 Å². The van der Waals surface area contributed by atoms with Crippen LogP contribution in [0.15, 0.2) is 0 Å². The van der Waals surface area contributed by atoms with Gasteiger partial charge in [-0.25, -0.2) is 0 Å². The van der Waals surface area contributed by atoms with Crippen LogP contribution in [-0.4, -0.2) is 13.1 Å². The van der Waals surface area contributed by atoms with Gasteiger partial charge in [-0.2, -0.15) is 5.26 Å². The Morgan fingerprint density at radius 3 is 1.93 bits per heavy atom. The van der Waals surface area contributed by atoms with Crippen molar-refractivity contribution < 1.29 is 0 Å². The van der Waals surface area contributed by atoms with Crippen molar-refractivity contribution in [2.45, 2.75) is 44.6 Å². The Morgan fingerprint density at radius 1 is 1.13 bits per heavy atom. The molecular weight excluding hydrogens is 184 g/mol. The van der Waals surface area contributed by atoms with Gasteiger partial charge in [0.05, 0.1) is 6.07 Å². The van der Waals surface area contributed by atoms with E-state index < -0.39 is 0 Å². The van der Waals surface area contributed by atoms with Gasteiger partial charge >= 0.3 is 0 Å². The van der Waals surface area contributed by atoms with Crippen molar-refractivity contribution in [2.24, 2.45) is 23.2 Å². The van der Waals surface area contributed by atoms with Gasteiger partial charge in [0.1, 0.15) is 6.04 Å². The molecule has 4 bridgehead atoms. The number of nitrogens with one attached hydrogen (secondary N) is 1. The molecule has 4 aliphatic rings. The van der Waals surface area contributed by atoms with E-state index in [0.717, 1.165) is 17.8 Å². The summed E-state index contributed by atoms with van der Waals surface area (Å²) in [5.74, 6) is 2.83. The molecule has 0 aromatic carbocycles. The molecule has 0 saturated heterocycles. The zero-order chi connectivity index (χ0) is 10.5. The molecule has 4 saturated carbocycles. The molecule has 0 amide bonds. The Morgan fingerprint density at radius 2 is 1.60 bits per heavy atom. The summed E-state index contributed by atoms with van der Waals surface area (Å²) in [5, 5.41) is 12.5. The molecule has 1 N–H and O–H groups in total. The first-order chi connectivity index (χ1) is 7.25. The number of hydrogen-bond acceptors (Lipinski definition) is 2. The van der Waals surface area contributed by atoms with Crippen molar-refractivity contribution in [3.8, 4) is 6.07 Å². The van der Waals surface area contributed by atoms with Crippen LogP contribution in [0.25, 0.3) is 0 Å². The Bertz CT molecular complexity index is 267. The zero-order valence-electron chi connectivity index (χ0n) is 9.50. The fourth-order valence-corrected chi connectivity index (χ4v) is 5.04. The number of rotatable bonds is 2. The van der Waals surface area contributed by atoms with Crippen molar-refractivity contribution in [3.63, 3.8) is 0 Å². The van der Waals surface area contributed by atoms with Crippen molar-refractivity contribution >= 4 is 0 Å². The zero-order valence-corrected chi connectivity index (χ0v) is 9.50. The molecule has 0 aliphatic heterocycles. The van der Waals surface area contributed by atoms with Crippen LogP contribution in [0.1, 0.15) is 38.5 Å². The van der Waals surface area contributed by atoms with Gasteiger partial charge in [0, 0.05) is 0 Å². The van der Waals surface area contributed by atoms with E-state index in [2.05, 4.69) is 11.4 Å².